The molecule has 2 rings (SSSR count). The van der Waals surface area contributed by atoms with Gasteiger partial charge in [0.2, 0.25) is 0 Å². The van der Waals surface area contributed by atoms with Gasteiger partial charge >= 0.3 is 0 Å². The highest BCUT2D eigenvalue weighted by Gasteiger charge is 2.04. The van der Waals surface area contributed by atoms with Crippen LogP contribution in [0, 0.1) is 3.57 Å². The molecule has 15 heavy (non-hydrogen) atoms. The summed E-state index contributed by atoms with van der Waals surface area (Å²) in [4.78, 5) is 4.27. The summed E-state index contributed by atoms with van der Waals surface area (Å²) in [5.74, 6) is 0. The van der Waals surface area contributed by atoms with Crippen molar-refractivity contribution in [3.8, 4) is 5.69 Å². The first-order chi connectivity index (χ1) is 7.20. The second kappa shape index (κ2) is 4.97. The molecule has 0 amide bonds. The molecule has 1 aromatic carbocycles. The molecular weight excluding hydrogens is 435 g/mol. The summed E-state index contributed by atoms with van der Waals surface area (Å²) in [6.45, 7) is 0. The van der Waals surface area contributed by atoms with Gasteiger partial charge in [0.15, 0.2) is 0 Å². The van der Waals surface area contributed by atoms with Crippen LogP contribution in [-0.4, -0.2) is 9.55 Å². The molecule has 0 aliphatic carbocycles. The quantitative estimate of drug-likeness (QED) is 0.506. The van der Waals surface area contributed by atoms with Gasteiger partial charge in [0, 0.05) is 19.6 Å². The number of hydrogen-bond donors (Lipinski definition) is 0. The fourth-order valence-corrected chi connectivity index (χ4v) is 3.05. The Labute approximate surface area is 118 Å². The van der Waals surface area contributed by atoms with E-state index in [1.54, 1.807) is 0 Å². The molecule has 1 heterocycles. The fourth-order valence-electron chi connectivity index (χ4n) is 1.25. The molecule has 0 aliphatic rings. The highest BCUT2D eigenvalue weighted by Crippen LogP contribution is 2.23. The van der Waals surface area contributed by atoms with Crippen molar-refractivity contribution in [2.75, 3.05) is 0 Å². The molecule has 1 aromatic heterocycles. The third kappa shape index (κ3) is 2.62. The summed E-state index contributed by atoms with van der Waals surface area (Å²) in [5, 5.41) is 0.780. The number of rotatable bonds is 2. The number of nitrogens with zero attached hydrogens (tertiary/aromatic N) is 2. The zero-order chi connectivity index (χ0) is 10.8. The SMILES string of the molecule is BrCc1cn(-c2ccc(I)cc2Br)cn1. The van der Waals surface area contributed by atoms with Crippen LogP contribution < -0.4 is 0 Å². The van der Waals surface area contributed by atoms with Gasteiger partial charge < -0.3 is 4.57 Å². The molecule has 5 heteroatoms. The Morgan fingerprint density at radius 3 is 2.80 bits per heavy atom. The third-order valence-corrected chi connectivity index (χ3v) is 3.84. The molecule has 0 unspecified atom stereocenters. The Hall–Kier alpha value is 0.120. The lowest BCUT2D eigenvalue weighted by Gasteiger charge is -2.04. The number of imidazole rings is 1. The predicted octanol–water partition coefficient (Wildman–Crippen LogP) is 4.13. The van der Waals surface area contributed by atoms with E-state index in [-0.39, 0.29) is 0 Å². The van der Waals surface area contributed by atoms with Crippen LogP contribution in [0.4, 0.5) is 0 Å². The van der Waals surface area contributed by atoms with E-state index in [1.165, 1.54) is 3.57 Å². The van der Waals surface area contributed by atoms with Gasteiger partial charge in [-0.25, -0.2) is 4.98 Å². The average molecular weight is 442 g/mol. The smallest absolute Gasteiger partial charge is 0.0995 e. The normalized spacial score (nSPS) is 10.6. The Morgan fingerprint density at radius 2 is 2.20 bits per heavy atom. The van der Waals surface area contributed by atoms with Crippen LogP contribution in [0.5, 0.6) is 0 Å². The van der Waals surface area contributed by atoms with Gasteiger partial charge in [-0.15, -0.1) is 0 Å². The molecule has 0 N–H and O–H groups in total. The Balaban J connectivity index is 2.44. The van der Waals surface area contributed by atoms with Crippen LogP contribution in [-0.2, 0) is 5.33 Å². The maximum Gasteiger partial charge on any atom is 0.0995 e. The number of benzene rings is 1. The molecule has 78 valence electrons. The van der Waals surface area contributed by atoms with Crippen molar-refractivity contribution in [3.05, 3.63) is 44.5 Å². The van der Waals surface area contributed by atoms with E-state index < -0.39 is 0 Å². The van der Waals surface area contributed by atoms with E-state index in [1.807, 2.05) is 17.1 Å². The van der Waals surface area contributed by atoms with Crippen molar-refractivity contribution in [3.63, 3.8) is 0 Å². The molecule has 2 aromatic rings. The van der Waals surface area contributed by atoms with Gasteiger partial charge in [-0.3, -0.25) is 0 Å². The molecule has 0 saturated carbocycles. The summed E-state index contributed by atoms with van der Waals surface area (Å²) in [7, 11) is 0. The first-order valence-electron chi connectivity index (χ1n) is 4.25. The van der Waals surface area contributed by atoms with Crippen molar-refractivity contribution in [1.82, 2.24) is 9.55 Å². The molecule has 0 spiro atoms. The number of hydrogen-bond acceptors (Lipinski definition) is 1. The molecule has 0 radical (unpaired) electrons. The lowest BCUT2D eigenvalue weighted by Crippen LogP contribution is -1.91. The van der Waals surface area contributed by atoms with Gasteiger partial charge in [-0.2, -0.15) is 0 Å². The van der Waals surface area contributed by atoms with Gasteiger partial charge in [0.05, 0.1) is 17.7 Å². The number of aromatic nitrogens is 2. The van der Waals surface area contributed by atoms with E-state index in [4.69, 9.17) is 0 Å². The summed E-state index contributed by atoms with van der Waals surface area (Å²) < 4.78 is 4.30. The number of halogens is 3. The highest BCUT2D eigenvalue weighted by molar-refractivity contribution is 14.1. The molecule has 0 bridgehead atoms. The summed E-state index contributed by atoms with van der Waals surface area (Å²) in [6, 6.07) is 6.24. The van der Waals surface area contributed by atoms with Gasteiger partial charge in [-0.05, 0) is 56.7 Å². The van der Waals surface area contributed by atoms with Crippen molar-refractivity contribution in [2.45, 2.75) is 5.33 Å². The fraction of sp³-hybridized carbons (Fsp3) is 0.100. The van der Waals surface area contributed by atoms with Crippen LogP contribution in [0.25, 0.3) is 5.69 Å². The molecule has 0 aliphatic heterocycles. The highest BCUT2D eigenvalue weighted by atomic mass is 127. The monoisotopic (exact) mass is 440 g/mol. The molecule has 0 atom stereocenters. The number of alkyl halides is 1. The minimum Gasteiger partial charge on any atom is -0.305 e. The zero-order valence-electron chi connectivity index (χ0n) is 7.62. The first kappa shape index (κ1) is 11.6. The maximum atomic E-state index is 4.27. The van der Waals surface area contributed by atoms with Crippen LogP contribution in [0.3, 0.4) is 0 Å². The summed E-state index contributed by atoms with van der Waals surface area (Å²) in [5.41, 5.74) is 2.13. The van der Waals surface area contributed by atoms with Crippen molar-refractivity contribution < 1.29 is 0 Å². The largest absolute Gasteiger partial charge is 0.305 e. The standard InChI is InChI=1S/C10H7Br2IN2/c11-4-8-5-15(6-14-8)10-2-1-7(13)3-9(10)12/h1-3,5-6H,4H2. The second-order valence-corrected chi connectivity index (χ2v) is 5.66. The van der Waals surface area contributed by atoms with E-state index >= 15 is 0 Å². The maximum absolute atomic E-state index is 4.27. The van der Waals surface area contributed by atoms with Gasteiger partial charge in [-0.1, -0.05) is 15.9 Å². The zero-order valence-corrected chi connectivity index (χ0v) is 13.0. The van der Waals surface area contributed by atoms with E-state index in [9.17, 15) is 0 Å². The molecule has 0 fully saturated rings. The summed E-state index contributed by atoms with van der Waals surface area (Å²) in [6.07, 6.45) is 3.84. The second-order valence-electron chi connectivity index (χ2n) is 3.00. The Kier molecular flexibility index (Phi) is 3.84. The van der Waals surface area contributed by atoms with Crippen LogP contribution in [0.2, 0.25) is 0 Å². The van der Waals surface area contributed by atoms with Gasteiger partial charge in [0.1, 0.15) is 0 Å². The molecule has 2 nitrogen and oxygen atoms in total. The van der Waals surface area contributed by atoms with E-state index in [0.29, 0.717) is 0 Å². The predicted molar refractivity (Wildman–Crippen MR) is 76.6 cm³/mol. The van der Waals surface area contributed by atoms with Crippen LogP contribution in [0.1, 0.15) is 5.69 Å². The minimum absolute atomic E-state index is 0.780. The van der Waals surface area contributed by atoms with Crippen LogP contribution in [0.15, 0.2) is 35.2 Å². The third-order valence-electron chi connectivity index (χ3n) is 1.96. The average Bonchev–Trinajstić information content (AvgIpc) is 2.66. The topological polar surface area (TPSA) is 17.8 Å². The van der Waals surface area contributed by atoms with Gasteiger partial charge in [0.25, 0.3) is 0 Å². The lowest BCUT2D eigenvalue weighted by atomic mass is 10.3. The van der Waals surface area contributed by atoms with Crippen LogP contribution >= 0.6 is 54.5 Å². The summed E-state index contributed by atoms with van der Waals surface area (Å²) >= 11 is 9.23. The molecule has 0 saturated heterocycles. The minimum atomic E-state index is 0.780. The Bertz CT molecular complexity index is 482. The Morgan fingerprint density at radius 1 is 1.40 bits per heavy atom. The van der Waals surface area contributed by atoms with Crippen molar-refractivity contribution in [2.24, 2.45) is 0 Å². The first-order valence-corrected chi connectivity index (χ1v) is 7.24. The lowest BCUT2D eigenvalue weighted by molar-refractivity contribution is 1.05. The van der Waals surface area contributed by atoms with Crippen molar-refractivity contribution >= 4 is 54.5 Å². The van der Waals surface area contributed by atoms with E-state index in [2.05, 4.69) is 77.6 Å². The van der Waals surface area contributed by atoms with Crippen molar-refractivity contribution in [1.29, 1.82) is 0 Å². The molecular formula is C10H7Br2IN2. The van der Waals surface area contributed by atoms with E-state index in [0.717, 1.165) is 21.2 Å².